The summed E-state index contributed by atoms with van der Waals surface area (Å²) < 4.78 is 53.4. The van der Waals surface area contributed by atoms with Crippen LogP contribution in [0, 0.1) is 11.6 Å². The van der Waals surface area contributed by atoms with Crippen molar-refractivity contribution in [2.75, 3.05) is 31.6 Å². The van der Waals surface area contributed by atoms with Crippen LogP contribution in [-0.4, -0.2) is 60.2 Å². The van der Waals surface area contributed by atoms with Crippen molar-refractivity contribution in [1.29, 1.82) is 0 Å². The number of hydrogen-bond acceptors (Lipinski definition) is 4. The number of thioether (sulfide) groups is 1. The van der Waals surface area contributed by atoms with E-state index in [1.54, 1.807) is 18.7 Å². The Bertz CT molecular complexity index is 972. The quantitative estimate of drug-likeness (QED) is 0.793. The van der Waals surface area contributed by atoms with Crippen LogP contribution in [-0.2, 0) is 10.0 Å². The Morgan fingerprint density at radius 1 is 1.21 bits per heavy atom. The molecular weight excluding hydrogens is 408 g/mol. The smallest absolute Gasteiger partial charge is 0.270 e. The first kappa shape index (κ1) is 20.8. The van der Waals surface area contributed by atoms with Crippen LogP contribution in [0.15, 0.2) is 35.4 Å². The van der Waals surface area contributed by atoms with E-state index in [4.69, 9.17) is 0 Å². The zero-order chi connectivity index (χ0) is 20.5. The fraction of sp³-hybridized carbons (Fsp3) is 0.389. The van der Waals surface area contributed by atoms with Crippen molar-refractivity contribution >= 4 is 27.7 Å². The van der Waals surface area contributed by atoms with Gasteiger partial charge in [0.15, 0.2) is 11.6 Å². The van der Waals surface area contributed by atoms with Crippen LogP contribution < -0.4 is 0 Å². The molecule has 10 heteroatoms. The van der Waals surface area contributed by atoms with Crippen molar-refractivity contribution < 1.29 is 22.0 Å². The lowest BCUT2D eigenvalue weighted by atomic mass is 10.1. The number of halogens is 2. The topological polar surface area (TPSA) is 73.5 Å². The molecule has 0 radical (unpaired) electrons. The molecule has 2 heterocycles. The maximum Gasteiger partial charge on any atom is 0.270 e. The van der Waals surface area contributed by atoms with E-state index in [0.717, 1.165) is 23.6 Å². The van der Waals surface area contributed by atoms with Gasteiger partial charge in [0.25, 0.3) is 5.91 Å². The minimum absolute atomic E-state index is 0.0385. The summed E-state index contributed by atoms with van der Waals surface area (Å²) in [5, 5.41) is 0. The van der Waals surface area contributed by atoms with Gasteiger partial charge >= 0.3 is 0 Å². The first-order chi connectivity index (χ1) is 13.2. The molecule has 1 fully saturated rings. The molecule has 1 atom stereocenters. The molecule has 0 aliphatic carbocycles. The van der Waals surface area contributed by atoms with Crippen LogP contribution in [0.4, 0.5) is 8.78 Å². The van der Waals surface area contributed by atoms with E-state index in [0.29, 0.717) is 18.7 Å². The molecule has 1 amide bonds. The number of H-pyrrole nitrogens is 1. The molecule has 3 rings (SSSR count). The van der Waals surface area contributed by atoms with Gasteiger partial charge in [0.1, 0.15) is 10.6 Å². The average Bonchev–Trinajstić information content (AvgIpc) is 3.20. The molecule has 2 aromatic rings. The largest absolute Gasteiger partial charge is 0.356 e. The summed E-state index contributed by atoms with van der Waals surface area (Å²) in [4.78, 5) is 16.8. The molecule has 6 nitrogen and oxygen atoms in total. The molecule has 0 saturated carbocycles. The van der Waals surface area contributed by atoms with E-state index in [1.807, 2.05) is 0 Å². The Morgan fingerprint density at radius 2 is 1.89 bits per heavy atom. The lowest BCUT2D eigenvalue weighted by Gasteiger charge is -2.25. The summed E-state index contributed by atoms with van der Waals surface area (Å²) in [5.74, 6) is -0.917. The summed E-state index contributed by atoms with van der Waals surface area (Å²) in [6, 6.07) is 4.24. The highest BCUT2D eigenvalue weighted by Gasteiger charge is 2.29. The Hall–Kier alpha value is -1.91. The van der Waals surface area contributed by atoms with Gasteiger partial charge in [0.05, 0.1) is 6.04 Å². The number of hydrogen-bond donors (Lipinski definition) is 1. The third kappa shape index (κ3) is 4.08. The normalized spacial score (nSPS) is 16.7. The molecule has 1 unspecified atom stereocenters. The standard InChI is InChI=1S/C18H21F2N3O3S2/c1-12(13-3-4-15(19)16(20)9-13)22(2)18(24)17-10-14(11-21-17)28(25,26)23-5-7-27-8-6-23/h3-4,9-12,21H,5-8H2,1-2H3. The number of nitrogens with one attached hydrogen (secondary N) is 1. The van der Waals surface area contributed by atoms with Crippen molar-refractivity contribution in [3.8, 4) is 0 Å². The number of nitrogens with zero attached hydrogens (tertiary/aromatic N) is 2. The molecule has 1 aliphatic heterocycles. The summed E-state index contributed by atoms with van der Waals surface area (Å²) in [7, 11) is -2.14. The van der Waals surface area contributed by atoms with Gasteiger partial charge in [-0.25, -0.2) is 17.2 Å². The van der Waals surface area contributed by atoms with Gasteiger partial charge in [-0.15, -0.1) is 0 Å². The zero-order valence-corrected chi connectivity index (χ0v) is 17.1. The highest BCUT2D eigenvalue weighted by Crippen LogP contribution is 2.24. The lowest BCUT2D eigenvalue weighted by Crippen LogP contribution is -2.37. The molecule has 0 spiro atoms. The van der Waals surface area contributed by atoms with Crippen LogP contribution in [0.5, 0.6) is 0 Å². The highest BCUT2D eigenvalue weighted by atomic mass is 32.2. The number of sulfonamides is 1. The second-order valence-corrected chi connectivity index (χ2v) is 9.69. The Balaban J connectivity index is 1.78. The predicted octanol–water partition coefficient (Wildman–Crippen LogP) is 2.86. The Labute approximate surface area is 167 Å². The van der Waals surface area contributed by atoms with Gasteiger partial charge in [-0.2, -0.15) is 16.1 Å². The Morgan fingerprint density at radius 3 is 2.54 bits per heavy atom. The van der Waals surface area contributed by atoms with Gasteiger partial charge < -0.3 is 9.88 Å². The number of aromatic amines is 1. The number of aromatic nitrogens is 1. The van der Waals surface area contributed by atoms with Crippen LogP contribution in [0.2, 0.25) is 0 Å². The monoisotopic (exact) mass is 429 g/mol. The first-order valence-electron chi connectivity index (χ1n) is 8.70. The van der Waals surface area contributed by atoms with E-state index >= 15 is 0 Å². The average molecular weight is 430 g/mol. The molecule has 1 saturated heterocycles. The van der Waals surface area contributed by atoms with Crippen molar-refractivity contribution in [2.24, 2.45) is 0 Å². The van der Waals surface area contributed by atoms with Crippen LogP contribution in [0.1, 0.15) is 29.0 Å². The predicted molar refractivity (Wildman–Crippen MR) is 104 cm³/mol. The SMILES string of the molecule is CC(c1ccc(F)c(F)c1)N(C)C(=O)c1cc(S(=O)(=O)N2CCSCC2)c[nH]1. The maximum absolute atomic E-state index is 13.5. The second-order valence-electron chi connectivity index (χ2n) is 6.53. The van der Waals surface area contributed by atoms with E-state index in [2.05, 4.69) is 4.98 Å². The lowest BCUT2D eigenvalue weighted by molar-refractivity contribution is 0.0737. The minimum Gasteiger partial charge on any atom is -0.356 e. The fourth-order valence-corrected chi connectivity index (χ4v) is 5.51. The van der Waals surface area contributed by atoms with Gasteiger partial charge in [-0.05, 0) is 30.7 Å². The molecule has 1 aromatic heterocycles. The number of benzene rings is 1. The molecule has 1 N–H and O–H groups in total. The van der Waals surface area contributed by atoms with E-state index < -0.39 is 33.6 Å². The summed E-state index contributed by atoms with van der Waals surface area (Å²) in [6.07, 6.45) is 1.31. The summed E-state index contributed by atoms with van der Waals surface area (Å²) in [6.45, 7) is 2.56. The third-order valence-corrected chi connectivity index (χ3v) is 7.64. The van der Waals surface area contributed by atoms with Crippen LogP contribution >= 0.6 is 11.8 Å². The second kappa shape index (κ2) is 8.22. The minimum atomic E-state index is -3.66. The molecule has 1 aliphatic rings. The van der Waals surface area contributed by atoms with Crippen molar-refractivity contribution in [3.05, 3.63) is 53.4 Å². The van der Waals surface area contributed by atoms with Gasteiger partial charge in [0, 0.05) is 37.8 Å². The first-order valence-corrected chi connectivity index (χ1v) is 11.3. The number of carbonyl (C=O) groups excluding carboxylic acids is 1. The number of carbonyl (C=O) groups is 1. The Kier molecular flexibility index (Phi) is 6.11. The van der Waals surface area contributed by atoms with Crippen LogP contribution in [0.25, 0.3) is 0 Å². The number of rotatable bonds is 5. The molecule has 1 aromatic carbocycles. The molecule has 0 bridgehead atoms. The summed E-state index contributed by atoms with van der Waals surface area (Å²) >= 11 is 1.70. The highest BCUT2D eigenvalue weighted by molar-refractivity contribution is 7.99. The summed E-state index contributed by atoms with van der Waals surface area (Å²) in [5.41, 5.74) is 0.543. The van der Waals surface area contributed by atoms with Crippen LogP contribution in [0.3, 0.4) is 0 Å². The van der Waals surface area contributed by atoms with E-state index in [-0.39, 0.29) is 10.6 Å². The van der Waals surface area contributed by atoms with Gasteiger partial charge in [-0.3, -0.25) is 4.79 Å². The van der Waals surface area contributed by atoms with Crippen molar-refractivity contribution in [2.45, 2.75) is 17.9 Å². The van der Waals surface area contributed by atoms with E-state index in [1.165, 1.54) is 34.6 Å². The third-order valence-electron chi connectivity index (χ3n) is 4.82. The molecule has 152 valence electrons. The molecular formula is C18H21F2N3O3S2. The van der Waals surface area contributed by atoms with Gasteiger partial charge in [0.2, 0.25) is 10.0 Å². The van der Waals surface area contributed by atoms with Gasteiger partial charge in [-0.1, -0.05) is 6.07 Å². The fourth-order valence-electron chi connectivity index (χ4n) is 2.94. The van der Waals surface area contributed by atoms with E-state index in [9.17, 15) is 22.0 Å². The molecule has 28 heavy (non-hydrogen) atoms. The van der Waals surface area contributed by atoms with Crippen molar-refractivity contribution in [3.63, 3.8) is 0 Å². The van der Waals surface area contributed by atoms with Crippen molar-refractivity contribution in [1.82, 2.24) is 14.2 Å². The number of amides is 1. The maximum atomic E-state index is 13.5. The zero-order valence-electron chi connectivity index (χ0n) is 15.5.